The van der Waals surface area contributed by atoms with Crippen LogP contribution in [0.2, 0.25) is 5.15 Å². The average molecular weight is 428 g/mol. The number of hydrogen-bond acceptors (Lipinski definition) is 4. The fourth-order valence-corrected chi connectivity index (χ4v) is 4.63. The van der Waals surface area contributed by atoms with E-state index in [2.05, 4.69) is 25.9 Å². The smallest absolute Gasteiger partial charge is 0.411 e. The number of hydrogen-bond donors (Lipinski definition) is 0. The number of carbonyl (C=O) groups is 1. The van der Waals surface area contributed by atoms with Gasteiger partial charge in [0.25, 0.3) is 0 Å². The van der Waals surface area contributed by atoms with Crippen molar-refractivity contribution < 1.29 is 9.53 Å². The van der Waals surface area contributed by atoms with Gasteiger partial charge in [0.1, 0.15) is 21.5 Å². The second kappa shape index (κ2) is 5.58. The highest BCUT2D eigenvalue weighted by Crippen LogP contribution is 2.56. The quantitative estimate of drug-likeness (QED) is 0.659. The van der Waals surface area contributed by atoms with Gasteiger partial charge >= 0.3 is 6.09 Å². The van der Waals surface area contributed by atoms with Gasteiger partial charge in [-0.25, -0.2) is 14.8 Å². The van der Waals surface area contributed by atoms with Crippen LogP contribution in [0.1, 0.15) is 58.3 Å². The summed E-state index contributed by atoms with van der Waals surface area (Å²) in [6.45, 7) is 5.67. The van der Waals surface area contributed by atoms with E-state index < -0.39 is 5.60 Å². The highest BCUT2D eigenvalue weighted by Gasteiger charge is 2.58. The summed E-state index contributed by atoms with van der Waals surface area (Å²) >= 11 is 9.70. The van der Waals surface area contributed by atoms with Gasteiger partial charge in [-0.15, -0.1) is 0 Å². The fraction of sp³-hybridized carbons (Fsp3) is 0.588. The zero-order valence-electron chi connectivity index (χ0n) is 14.4. The minimum Gasteiger partial charge on any atom is -0.444 e. The molecule has 3 heterocycles. The van der Waals surface area contributed by atoms with Crippen molar-refractivity contribution in [3.05, 3.63) is 28.0 Å². The predicted octanol–water partition coefficient (Wildman–Crippen LogP) is 4.75. The van der Waals surface area contributed by atoms with Crippen LogP contribution in [0.25, 0.3) is 5.52 Å². The summed E-state index contributed by atoms with van der Waals surface area (Å²) in [6.07, 6.45) is 7.10. The van der Waals surface area contributed by atoms with Crippen LogP contribution in [0.4, 0.5) is 4.79 Å². The van der Waals surface area contributed by atoms with Crippen molar-refractivity contribution in [2.24, 2.45) is 0 Å². The van der Waals surface area contributed by atoms with Crippen molar-refractivity contribution in [1.29, 1.82) is 0 Å². The lowest BCUT2D eigenvalue weighted by atomic mass is 10.2. The van der Waals surface area contributed by atoms with Crippen LogP contribution in [0.15, 0.2) is 17.0 Å². The molecule has 25 heavy (non-hydrogen) atoms. The molecule has 0 unspecified atom stereocenters. The lowest BCUT2D eigenvalue weighted by molar-refractivity contribution is 0.0108. The Balaban J connectivity index is 1.77. The molecule has 1 aliphatic carbocycles. The number of amides is 1. The Hall–Kier alpha value is -1.34. The zero-order valence-corrected chi connectivity index (χ0v) is 16.8. The van der Waals surface area contributed by atoms with Crippen molar-refractivity contribution >= 4 is 39.1 Å². The molecule has 0 radical (unpaired) electrons. The van der Waals surface area contributed by atoms with E-state index in [-0.39, 0.29) is 17.7 Å². The largest absolute Gasteiger partial charge is 0.444 e. The van der Waals surface area contributed by atoms with Gasteiger partial charge in [-0.1, -0.05) is 11.6 Å². The molecule has 1 saturated heterocycles. The molecular formula is C17H20BrClN4O2. The van der Waals surface area contributed by atoms with Gasteiger partial charge in [0.15, 0.2) is 5.15 Å². The van der Waals surface area contributed by atoms with Crippen LogP contribution in [0, 0.1) is 0 Å². The normalized spacial score (nSPS) is 22.0. The summed E-state index contributed by atoms with van der Waals surface area (Å²) < 4.78 is 8.25. The molecule has 4 rings (SSSR count). The molecule has 0 N–H and O–H groups in total. The van der Waals surface area contributed by atoms with E-state index in [1.54, 1.807) is 6.20 Å². The maximum Gasteiger partial charge on any atom is 0.411 e. The third-order valence-corrected chi connectivity index (χ3v) is 5.75. The summed E-state index contributed by atoms with van der Waals surface area (Å²) in [5.41, 5.74) is 0.130. The topological polar surface area (TPSA) is 59.7 Å². The number of nitrogens with zero attached hydrogens (tertiary/aromatic N) is 4. The first-order valence-electron chi connectivity index (χ1n) is 8.42. The molecule has 1 atom stereocenters. The van der Waals surface area contributed by atoms with Gasteiger partial charge in [0.2, 0.25) is 0 Å². The highest BCUT2D eigenvalue weighted by molar-refractivity contribution is 9.10. The van der Waals surface area contributed by atoms with Crippen molar-refractivity contribution in [2.45, 2.75) is 63.6 Å². The summed E-state index contributed by atoms with van der Waals surface area (Å²) in [4.78, 5) is 23.6. The van der Waals surface area contributed by atoms with E-state index >= 15 is 0 Å². The van der Waals surface area contributed by atoms with Crippen molar-refractivity contribution in [1.82, 2.24) is 19.3 Å². The second-order valence-electron chi connectivity index (χ2n) is 7.83. The van der Waals surface area contributed by atoms with Crippen molar-refractivity contribution in [3.63, 3.8) is 0 Å². The number of aromatic nitrogens is 3. The SMILES string of the molecule is CC(C)(C)OC(=O)N1[C@H](c2nc(Br)c3c(Cl)nccn23)CCC12CC2. The molecule has 2 aromatic rings. The van der Waals surface area contributed by atoms with E-state index in [1.807, 2.05) is 36.3 Å². The van der Waals surface area contributed by atoms with Crippen molar-refractivity contribution in [3.8, 4) is 0 Å². The number of imidazole rings is 1. The second-order valence-corrected chi connectivity index (χ2v) is 8.94. The first-order chi connectivity index (χ1) is 11.7. The molecular weight excluding hydrogens is 408 g/mol. The minimum absolute atomic E-state index is 0.0673. The molecule has 1 spiro atoms. The molecule has 1 aliphatic heterocycles. The van der Waals surface area contributed by atoms with Gasteiger partial charge in [-0.05, 0) is 62.4 Å². The Morgan fingerprint density at radius 2 is 2.12 bits per heavy atom. The first-order valence-corrected chi connectivity index (χ1v) is 9.59. The van der Waals surface area contributed by atoms with Gasteiger partial charge in [0.05, 0.1) is 6.04 Å². The Morgan fingerprint density at radius 1 is 1.40 bits per heavy atom. The number of fused-ring (bicyclic) bond motifs is 1. The molecule has 2 fully saturated rings. The Kier molecular flexibility index (Phi) is 3.81. The lowest BCUT2D eigenvalue weighted by Gasteiger charge is -2.32. The van der Waals surface area contributed by atoms with E-state index in [9.17, 15) is 4.79 Å². The third kappa shape index (κ3) is 2.81. The van der Waals surface area contributed by atoms with E-state index in [1.165, 1.54) is 0 Å². The lowest BCUT2D eigenvalue weighted by Crippen LogP contribution is -2.42. The fourth-order valence-electron chi connectivity index (χ4n) is 3.72. The molecule has 1 saturated carbocycles. The number of halogens is 2. The zero-order chi connectivity index (χ0) is 18.0. The van der Waals surface area contributed by atoms with Gasteiger partial charge in [-0.3, -0.25) is 9.30 Å². The van der Waals surface area contributed by atoms with Gasteiger partial charge < -0.3 is 4.74 Å². The molecule has 8 heteroatoms. The molecule has 0 bridgehead atoms. The van der Waals surface area contributed by atoms with Gasteiger partial charge in [0, 0.05) is 17.9 Å². The Labute approximate surface area is 159 Å². The van der Waals surface area contributed by atoms with E-state index in [0.29, 0.717) is 9.76 Å². The Morgan fingerprint density at radius 3 is 2.76 bits per heavy atom. The molecule has 2 aromatic heterocycles. The van der Waals surface area contributed by atoms with Crippen molar-refractivity contribution in [2.75, 3.05) is 0 Å². The van der Waals surface area contributed by atoms with Crippen LogP contribution in [-0.2, 0) is 4.74 Å². The predicted molar refractivity (Wildman–Crippen MR) is 97.7 cm³/mol. The van der Waals surface area contributed by atoms with Crippen LogP contribution < -0.4 is 0 Å². The first kappa shape index (κ1) is 17.1. The maximum atomic E-state index is 12.9. The minimum atomic E-state index is -0.525. The maximum absolute atomic E-state index is 12.9. The molecule has 2 aliphatic rings. The Bertz CT molecular complexity index is 856. The number of carbonyl (C=O) groups excluding carboxylic acids is 1. The monoisotopic (exact) mass is 426 g/mol. The summed E-state index contributed by atoms with van der Waals surface area (Å²) in [6, 6.07) is -0.130. The summed E-state index contributed by atoms with van der Waals surface area (Å²) in [5.74, 6) is 0.792. The number of rotatable bonds is 1. The van der Waals surface area contributed by atoms with Crippen LogP contribution in [-0.4, -0.2) is 36.5 Å². The highest BCUT2D eigenvalue weighted by atomic mass is 79.9. The van der Waals surface area contributed by atoms with Crippen LogP contribution in [0.5, 0.6) is 0 Å². The average Bonchev–Trinajstić information content (AvgIpc) is 3.04. The molecule has 6 nitrogen and oxygen atoms in total. The van der Waals surface area contributed by atoms with E-state index in [0.717, 1.165) is 37.0 Å². The van der Waals surface area contributed by atoms with Gasteiger partial charge in [-0.2, -0.15) is 0 Å². The summed E-state index contributed by atoms with van der Waals surface area (Å²) in [7, 11) is 0. The number of likely N-dealkylation sites (tertiary alicyclic amines) is 1. The molecule has 1 amide bonds. The number of ether oxygens (including phenoxy) is 1. The summed E-state index contributed by atoms with van der Waals surface area (Å²) in [5, 5.41) is 0.385. The van der Waals surface area contributed by atoms with E-state index in [4.69, 9.17) is 16.3 Å². The standard InChI is InChI=1S/C17H20BrClN4O2/c1-16(2,3)25-15(24)23-10(4-5-17(23)6-7-17)14-21-12(18)11-13(19)20-8-9-22(11)14/h8-10H,4-7H2,1-3H3/t10-/m0/s1. The molecule has 134 valence electrons. The van der Waals surface area contributed by atoms with Crippen LogP contribution >= 0.6 is 27.5 Å². The van der Waals surface area contributed by atoms with Crippen LogP contribution in [0.3, 0.4) is 0 Å². The third-order valence-electron chi connectivity index (χ3n) is 4.92. The molecule has 0 aromatic carbocycles.